The molecule has 0 aliphatic heterocycles. The van der Waals surface area contributed by atoms with E-state index in [1.54, 1.807) is 7.05 Å². The monoisotopic (exact) mass is 220 g/mol. The smallest absolute Gasteiger partial charge is 0.407 e. The van der Waals surface area contributed by atoms with Crippen molar-refractivity contribution in [3.8, 4) is 0 Å². The van der Waals surface area contributed by atoms with Gasteiger partial charge in [0.2, 0.25) is 0 Å². The Hall–Kier alpha value is -2.04. The van der Waals surface area contributed by atoms with E-state index in [0.717, 1.165) is 16.7 Å². The molecule has 2 aromatic rings. The second-order valence-corrected chi connectivity index (χ2v) is 3.61. The zero-order chi connectivity index (χ0) is 11.5. The first kappa shape index (κ1) is 10.5. The molecule has 1 aromatic heterocycles. The summed E-state index contributed by atoms with van der Waals surface area (Å²) in [7, 11) is 1.55. The SMILES string of the molecule is CN(CCc1ccc2ncoc2c1)C(=O)O. The molecule has 5 heteroatoms. The number of likely N-dealkylation sites (N-methyl/N-ethyl adjacent to an activating group) is 1. The van der Waals surface area contributed by atoms with Crippen molar-refractivity contribution in [1.82, 2.24) is 9.88 Å². The number of benzene rings is 1. The van der Waals surface area contributed by atoms with Crippen LogP contribution in [0.3, 0.4) is 0 Å². The van der Waals surface area contributed by atoms with Crippen molar-refractivity contribution in [3.05, 3.63) is 30.2 Å². The van der Waals surface area contributed by atoms with Crippen LogP contribution in [0.2, 0.25) is 0 Å². The Morgan fingerprint density at radius 1 is 1.56 bits per heavy atom. The molecule has 84 valence electrons. The van der Waals surface area contributed by atoms with E-state index in [2.05, 4.69) is 4.98 Å². The van der Waals surface area contributed by atoms with Gasteiger partial charge in [-0.25, -0.2) is 9.78 Å². The van der Waals surface area contributed by atoms with Crippen molar-refractivity contribution < 1.29 is 14.3 Å². The van der Waals surface area contributed by atoms with E-state index in [4.69, 9.17) is 9.52 Å². The Balaban J connectivity index is 2.06. The first-order valence-electron chi connectivity index (χ1n) is 4.93. The minimum absolute atomic E-state index is 0.467. The first-order valence-corrected chi connectivity index (χ1v) is 4.93. The Morgan fingerprint density at radius 3 is 3.12 bits per heavy atom. The normalized spacial score (nSPS) is 10.6. The lowest BCUT2D eigenvalue weighted by molar-refractivity contribution is 0.156. The molecule has 0 saturated carbocycles. The molecule has 1 aromatic carbocycles. The lowest BCUT2D eigenvalue weighted by Gasteiger charge is -2.12. The molecule has 16 heavy (non-hydrogen) atoms. The van der Waals surface area contributed by atoms with Crippen LogP contribution in [0.25, 0.3) is 11.1 Å². The summed E-state index contributed by atoms with van der Waals surface area (Å²) in [6.07, 6.45) is 1.15. The molecule has 5 nitrogen and oxygen atoms in total. The first-order chi connectivity index (χ1) is 7.66. The van der Waals surface area contributed by atoms with Crippen LogP contribution < -0.4 is 0 Å². The number of amides is 1. The van der Waals surface area contributed by atoms with Crippen molar-refractivity contribution in [3.63, 3.8) is 0 Å². The van der Waals surface area contributed by atoms with Crippen LogP contribution in [-0.2, 0) is 6.42 Å². The maximum atomic E-state index is 10.6. The van der Waals surface area contributed by atoms with Gasteiger partial charge in [-0.1, -0.05) is 6.07 Å². The number of oxazole rings is 1. The highest BCUT2D eigenvalue weighted by molar-refractivity contribution is 5.72. The Labute approximate surface area is 92.3 Å². The molecule has 0 radical (unpaired) electrons. The van der Waals surface area contributed by atoms with Crippen molar-refractivity contribution in [2.24, 2.45) is 0 Å². The number of rotatable bonds is 3. The zero-order valence-electron chi connectivity index (χ0n) is 8.88. The third-order valence-corrected chi connectivity index (χ3v) is 2.46. The quantitative estimate of drug-likeness (QED) is 0.858. The molecule has 2 rings (SSSR count). The summed E-state index contributed by atoms with van der Waals surface area (Å²) in [5, 5.41) is 8.70. The highest BCUT2D eigenvalue weighted by Crippen LogP contribution is 2.14. The summed E-state index contributed by atoms with van der Waals surface area (Å²) in [5.74, 6) is 0. The van der Waals surface area contributed by atoms with E-state index in [1.807, 2.05) is 18.2 Å². The van der Waals surface area contributed by atoms with Crippen molar-refractivity contribution >= 4 is 17.2 Å². The molecule has 0 unspecified atom stereocenters. The predicted octanol–water partition coefficient (Wildman–Crippen LogP) is 1.98. The van der Waals surface area contributed by atoms with Gasteiger partial charge < -0.3 is 14.4 Å². The lowest BCUT2D eigenvalue weighted by atomic mass is 10.1. The maximum absolute atomic E-state index is 10.6. The lowest BCUT2D eigenvalue weighted by Crippen LogP contribution is -2.26. The molecule has 0 fully saturated rings. The van der Waals surface area contributed by atoms with E-state index in [0.29, 0.717) is 13.0 Å². The van der Waals surface area contributed by atoms with Crippen LogP contribution >= 0.6 is 0 Å². The summed E-state index contributed by atoms with van der Waals surface area (Å²) in [5.41, 5.74) is 2.59. The van der Waals surface area contributed by atoms with Gasteiger partial charge in [0.25, 0.3) is 0 Å². The maximum Gasteiger partial charge on any atom is 0.407 e. The van der Waals surface area contributed by atoms with Crippen LogP contribution in [0.15, 0.2) is 29.0 Å². The van der Waals surface area contributed by atoms with E-state index >= 15 is 0 Å². The summed E-state index contributed by atoms with van der Waals surface area (Å²) in [4.78, 5) is 15.9. The fourth-order valence-corrected chi connectivity index (χ4v) is 1.45. The highest BCUT2D eigenvalue weighted by Gasteiger charge is 2.06. The van der Waals surface area contributed by atoms with Gasteiger partial charge in [0, 0.05) is 13.6 Å². The number of carbonyl (C=O) groups is 1. The standard InChI is InChI=1S/C11H12N2O3/c1-13(11(14)15)5-4-8-2-3-9-10(6-8)16-7-12-9/h2-3,6-7H,4-5H2,1H3,(H,14,15). The third-order valence-electron chi connectivity index (χ3n) is 2.46. The van der Waals surface area contributed by atoms with Crippen molar-refractivity contribution in [2.75, 3.05) is 13.6 Å². The van der Waals surface area contributed by atoms with Gasteiger partial charge in [0.1, 0.15) is 5.52 Å². The fourth-order valence-electron chi connectivity index (χ4n) is 1.45. The van der Waals surface area contributed by atoms with Gasteiger partial charge in [-0.3, -0.25) is 0 Å². The largest absolute Gasteiger partial charge is 0.465 e. The Kier molecular flexibility index (Phi) is 2.76. The molecular weight excluding hydrogens is 208 g/mol. The number of hydrogen-bond acceptors (Lipinski definition) is 3. The highest BCUT2D eigenvalue weighted by atomic mass is 16.4. The second kappa shape index (κ2) is 4.22. The van der Waals surface area contributed by atoms with Crippen molar-refractivity contribution in [2.45, 2.75) is 6.42 Å². The summed E-state index contributed by atoms with van der Waals surface area (Å²) < 4.78 is 5.17. The van der Waals surface area contributed by atoms with E-state index in [9.17, 15) is 4.79 Å². The van der Waals surface area contributed by atoms with Crippen LogP contribution in [0.5, 0.6) is 0 Å². The van der Waals surface area contributed by atoms with Gasteiger partial charge in [-0.15, -0.1) is 0 Å². The van der Waals surface area contributed by atoms with E-state index in [-0.39, 0.29) is 0 Å². The van der Waals surface area contributed by atoms with Gasteiger partial charge in [0.15, 0.2) is 12.0 Å². The minimum Gasteiger partial charge on any atom is -0.465 e. The number of fused-ring (bicyclic) bond motifs is 1. The Bertz CT molecular complexity index is 507. The molecule has 1 heterocycles. The van der Waals surface area contributed by atoms with Gasteiger partial charge in [-0.2, -0.15) is 0 Å². The topological polar surface area (TPSA) is 66.6 Å². The molecule has 0 aliphatic rings. The average molecular weight is 220 g/mol. The molecule has 0 saturated heterocycles. The number of nitrogens with zero attached hydrogens (tertiary/aromatic N) is 2. The van der Waals surface area contributed by atoms with Crippen LogP contribution in [-0.4, -0.2) is 34.7 Å². The second-order valence-electron chi connectivity index (χ2n) is 3.61. The summed E-state index contributed by atoms with van der Waals surface area (Å²) in [6.45, 7) is 0.467. The molecule has 0 bridgehead atoms. The van der Waals surface area contributed by atoms with Gasteiger partial charge >= 0.3 is 6.09 Å². The van der Waals surface area contributed by atoms with Crippen LogP contribution in [0.4, 0.5) is 4.79 Å². The number of hydrogen-bond donors (Lipinski definition) is 1. The zero-order valence-corrected chi connectivity index (χ0v) is 8.88. The number of carboxylic acid groups (broad SMARTS) is 1. The van der Waals surface area contributed by atoms with Crippen LogP contribution in [0, 0.1) is 0 Å². The molecular formula is C11H12N2O3. The molecule has 1 N–H and O–H groups in total. The molecule has 0 atom stereocenters. The van der Waals surface area contributed by atoms with Crippen molar-refractivity contribution in [1.29, 1.82) is 0 Å². The van der Waals surface area contributed by atoms with E-state index < -0.39 is 6.09 Å². The molecule has 0 spiro atoms. The molecule has 1 amide bonds. The van der Waals surface area contributed by atoms with Gasteiger partial charge in [0.05, 0.1) is 0 Å². The predicted molar refractivity (Wildman–Crippen MR) is 58.4 cm³/mol. The molecule has 0 aliphatic carbocycles. The summed E-state index contributed by atoms with van der Waals surface area (Å²) >= 11 is 0. The van der Waals surface area contributed by atoms with E-state index in [1.165, 1.54) is 11.3 Å². The van der Waals surface area contributed by atoms with Gasteiger partial charge in [-0.05, 0) is 24.1 Å². The Morgan fingerprint density at radius 2 is 2.38 bits per heavy atom. The van der Waals surface area contributed by atoms with Crippen LogP contribution in [0.1, 0.15) is 5.56 Å². The number of aromatic nitrogens is 1. The summed E-state index contributed by atoms with van der Waals surface area (Å²) in [6, 6.07) is 5.69. The average Bonchev–Trinajstić information content (AvgIpc) is 2.72. The minimum atomic E-state index is -0.916. The third kappa shape index (κ3) is 2.13. The fraction of sp³-hybridized carbons (Fsp3) is 0.273.